The molecule has 0 radical (unpaired) electrons. The molecule has 3 rings (SSSR count). The molecule has 0 saturated carbocycles. The van der Waals surface area contributed by atoms with Gasteiger partial charge in [0.25, 0.3) is 5.91 Å². The number of piperidine rings is 1. The quantitative estimate of drug-likeness (QED) is 0.857. The maximum atomic E-state index is 13.0. The van der Waals surface area contributed by atoms with Crippen molar-refractivity contribution < 1.29 is 14.3 Å². The minimum atomic E-state index is 0.0372. The van der Waals surface area contributed by atoms with Crippen LogP contribution >= 0.6 is 0 Å². The molecule has 0 aromatic heterocycles. The van der Waals surface area contributed by atoms with Crippen molar-refractivity contribution in [3.63, 3.8) is 0 Å². The largest absolute Gasteiger partial charge is 0.497 e. The van der Waals surface area contributed by atoms with Gasteiger partial charge in [0.15, 0.2) is 0 Å². The Hall–Kier alpha value is -1.75. The highest BCUT2D eigenvalue weighted by Gasteiger charge is 2.46. The number of amides is 1. The maximum Gasteiger partial charge on any atom is 0.257 e. The van der Waals surface area contributed by atoms with E-state index in [1.807, 2.05) is 11.0 Å². The molecule has 0 unspecified atom stereocenters. The molecule has 1 spiro atoms. The summed E-state index contributed by atoms with van der Waals surface area (Å²) < 4.78 is 10.6. The van der Waals surface area contributed by atoms with Crippen LogP contribution in [-0.4, -0.2) is 62.1 Å². The highest BCUT2D eigenvalue weighted by atomic mass is 16.5. The van der Waals surface area contributed by atoms with E-state index in [1.165, 1.54) is 12.8 Å². The molecule has 22 heavy (non-hydrogen) atoms. The molecule has 5 heteroatoms. The average molecular weight is 304 g/mol. The summed E-state index contributed by atoms with van der Waals surface area (Å²) in [4.78, 5) is 17.3. The zero-order chi connectivity index (χ0) is 15.7. The number of rotatable bonds is 3. The van der Waals surface area contributed by atoms with Gasteiger partial charge in [-0.3, -0.25) is 9.69 Å². The van der Waals surface area contributed by atoms with Crippen molar-refractivity contribution in [1.82, 2.24) is 9.80 Å². The van der Waals surface area contributed by atoms with E-state index >= 15 is 0 Å². The summed E-state index contributed by atoms with van der Waals surface area (Å²) in [6.45, 7) is 2.75. The molecule has 120 valence electrons. The van der Waals surface area contributed by atoms with Gasteiger partial charge in [-0.2, -0.15) is 0 Å². The molecule has 5 nitrogen and oxygen atoms in total. The van der Waals surface area contributed by atoms with Gasteiger partial charge in [0.2, 0.25) is 0 Å². The van der Waals surface area contributed by atoms with E-state index in [0.29, 0.717) is 17.1 Å². The van der Waals surface area contributed by atoms with E-state index in [2.05, 4.69) is 11.9 Å². The monoisotopic (exact) mass is 304 g/mol. The van der Waals surface area contributed by atoms with Crippen LogP contribution in [-0.2, 0) is 0 Å². The minimum absolute atomic E-state index is 0.0372. The predicted molar refractivity (Wildman–Crippen MR) is 84.7 cm³/mol. The van der Waals surface area contributed by atoms with Crippen LogP contribution in [0, 0.1) is 0 Å². The third-order valence-electron chi connectivity index (χ3n) is 5.20. The molecule has 0 N–H and O–H groups in total. The zero-order valence-corrected chi connectivity index (χ0v) is 13.6. The molecule has 1 aromatic carbocycles. The second kappa shape index (κ2) is 5.80. The number of methoxy groups -OCH3 is 2. The lowest BCUT2D eigenvalue weighted by molar-refractivity contribution is -0.0409. The van der Waals surface area contributed by atoms with Crippen LogP contribution in [0.3, 0.4) is 0 Å². The Morgan fingerprint density at radius 2 is 2.00 bits per heavy atom. The molecular weight excluding hydrogens is 280 g/mol. The first kappa shape index (κ1) is 15.2. The Kier molecular flexibility index (Phi) is 4.00. The molecule has 2 aliphatic rings. The van der Waals surface area contributed by atoms with E-state index in [1.54, 1.807) is 26.4 Å². The molecule has 2 aliphatic heterocycles. The van der Waals surface area contributed by atoms with Crippen molar-refractivity contribution in [3.05, 3.63) is 23.8 Å². The van der Waals surface area contributed by atoms with Gasteiger partial charge < -0.3 is 14.4 Å². The summed E-state index contributed by atoms with van der Waals surface area (Å²) in [7, 11) is 5.36. The number of carbonyl (C=O) groups is 1. The number of carbonyl (C=O) groups excluding carboxylic acids is 1. The van der Waals surface area contributed by atoms with Crippen LogP contribution in [0.2, 0.25) is 0 Å². The Morgan fingerprint density at radius 3 is 2.59 bits per heavy atom. The second-order valence-corrected chi connectivity index (χ2v) is 6.29. The van der Waals surface area contributed by atoms with Gasteiger partial charge in [0, 0.05) is 25.2 Å². The van der Waals surface area contributed by atoms with Crippen molar-refractivity contribution in [2.75, 3.05) is 40.9 Å². The van der Waals surface area contributed by atoms with Gasteiger partial charge in [0.1, 0.15) is 11.5 Å². The smallest absolute Gasteiger partial charge is 0.257 e. The Bertz CT molecular complexity index is 575. The lowest BCUT2D eigenvalue weighted by Crippen LogP contribution is -2.66. The lowest BCUT2D eigenvalue weighted by atomic mass is 9.78. The number of likely N-dealkylation sites (tertiary alicyclic amines) is 2. The van der Waals surface area contributed by atoms with Crippen molar-refractivity contribution in [2.45, 2.75) is 24.8 Å². The maximum absolute atomic E-state index is 13.0. The van der Waals surface area contributed by atoms with E-state index in [0.717, 1.165) is 26.1 Å². The van der Waals surface area contributed by atoms with Crippen LogP contribution in [0.5, 0.6) is 11.5 Å². The SMILES string of the molecule is COc1ccc(OC)c(C(=O)N2CCC[C@@]3(CCN3C)C2)c1. The molecule has 1 atom stereocenters. The van der Waals surface area contributed by atoms with Crippen molar-refractivity contribution in [2.24, 2.45) is 0 Å². The number of hydrogen-bond donors (Lipinski definition) is 0. The molecule has 0 aliphatic carbocycles. The Morgan fingerprint density at radius 1 is 1.18 bits per heavy atom. The van der Waals surface area contributed by atoms with E-state index in [4.69, 9.17) is 9.47 Å². The lowest BCUT2D eigenvalue weighted by Gasteiger charge is -2.55. The van der Waals surface area contributed by atoms with E-state index < -0.39 is 0 Å². The highest BCUT2D eigenvalue weighted by molar-refractivity contribution is 5.97. The molecular formula is C17H24N2O3. The summed E-state index contributed by atoms with van der Waals surface area (Å²) in [5.41, 5.74) is 0.779. The van der Waals surface area contributed by atoms with Gasteiger partial charge in [-0.25, -0.2) is 0 Å². The molecule has 1 amide bonds. The molecule has 2 heterocycles. The van der Waals surface area contributed by atoms with E-state index in [9.17, 15) is 4.79 Å². The van der Waals surface area contributed by atoms with Gasteiger partial charge in [-0.05, 0) is 44.5 Å². The topological polar surface area (TPSA) is 42.0 Å². The average Bonchev–Trinajstić information content (AvgIpc) is 2.59. The number of benzene rings is 1. The molecule has 0 bridgehead atoms. The second-order valence-electron chi connectivity index (χ2n) is 6.29. The fourth-order valence-corrected chi connectivity index (χ4v) is 3.60. The number of hydrogen-bond acceptors (Lipinski definition) is 4. The molecule has 1 aromatic rings. The standard InChI is InChI=1S/C17H24N2O3/c1-18-10-8-17(18)7-4-9-19(12-17)16(20)14-11-13(21-2)5-6-15(14)22-3/h5-6,11H,4,7-10,12H2,1-3H3/t17-/m1/s1. The predicted octanol–water partition coefficient (Wildman–Crippen LogP) is 2.01. The number of ether oxygens (including phenoxy) is 2. The van der Waals surface area contributed by atoms with E-state index in [-0.39, 0.29) is 11.4 Å². The fourth-order valence-electron chi connectivity index (χ4n) is 3.60. The van der Waals surface area contributed by atoms with Crippen LogP contribution < -0.4 is 9.47 Å². The van der Waals surface area contributed by atoms with Gasteiger partial charge in [0.05, 0.1) is 19.8 Å². The first-order valence-corrected chi connectivity index (χ1v) is 7.82. The van der Waals surface area contributed by atoms with Crippen LogP contribution in [0.1, 0.15) is 29.6 Å². The van der Waals surface area contributed by atoms with Gasteiger partial charge >= 0.3 is 0 Å². The van der Waals surface area contributed by atoms with Crippen LogP contribution in [0.25, 0.3) is 0 Å². The zero-order valence-electron chi connectivity index (χ0n) is 13.6. The van der Waals surface area contributed by atoms with Crippen molar-refractivity contribution in [3.8, 4) is 11.5 Å². The molecule has 2 fully saturated rings. The van der Waals surface area contributed by atoms with Crippen molar-refractivity contribution >= 4 is 5.91 Å². The number of nitrogens with zero attached hydrogens (tertiary/aromatic N) is 2. The Labute approximate surface area is 131 Å². The minimum Gasteiger partial charge on any atom is -0.497 e. The van der Waals surface area contributed by atoms with Gasteiger partial charge in [-0.15, -0.1) is 0 Å². The third kappa shape index (κ3) is 2.43. The summed E-state index contributed by atoms with van der Waals surface area (Å²) in [5.74, 6) is 1.32. The third-order valence-corrected chi connectivity index (χ3v) is 5.20. The summed E-state index contributed by atoms with van der Waals surface area (Å²) in [6.07, 6.45) is 3.42. The Balaban J connectivity index is 1.84. The van der Waals surface area contributed by atoms with Crippen molar-refractivity contribution in [1.29, 1.82) is 0 Å². The highest BCUT2D eigenvalue weighted by Crippen LogP contribution is 2.38. The summed E-state index contributed by atoms with van der Waals surface area (Å²) in [6, 6.07) is 5.38. The summed E-state index contributed by atoms with van der Waals surface area (Å²) in [5, 5.41) is 0. The normalized spacial score (nSPS) is 25.0. The first-order chi connectivity index (χ1) is 10.6. The van der Waals surface area contributed by atoms with Crippen LogP contribution in [0.15, 0.2) is 18.2 Å². The molecule has 2 saturated heterocycles. The van der Waals surface area contributed by atoms with Gasteiger partial charge in [-0.1, -0.05) is 0 Å². The summed E-state index contributed by atoms with van der Waals surface area (Å²) >= 11 is 0. The fraction of sp³-hybridized carbons (Fsp3) is 0.588. The van der Waals surface area contributed by atoms with Crippen LogP contribution in [0.4, 0.5) is 0 Å². The first-order valence-electron chi connectivity index (χ1n) is 7.82. The number of likely N-dealkylation sites (N-methyl/N-ethyl adjacent to an activating group) is 1.